The fourth-order valence-corrected chi connectivity index (χ4v) is 2.05. The number of rotatable bonds is 7. The molecule has 1 amide bonds. The smallest absolute Gasteiger partial charge is 0.246 e. The second-order valence-electron chi connectivity index (χ2n) is 5.04. The van der Waals surface area contributed by atoms with Crippen LogP contribution < -0.4 is 20.1 Å². The minimum absolute atomic E-state index is 0.107. The number of carbonyl (C=O) groups excluding carboxylic acids is 1. The van der Waals surface area contributed by atoms with E-state index in [9.17, 15) is 4.79 Å². The summed E-state index contributed by atoms with van der Waals surface area (Å²) < 4.78 is 10.5. The maximum absolute atomic E-state index is 12.2. The molecular weight excluding hydrogens is 292 g/mol. The molecular formula is C18H22N2O3. The third-order valence-corrected chi connectivity index (χ3v) is 3.30. The van der Waals surface area contributed by atoms with Crippen molar-refractivity contribution in [3.8, 4) is 11.5 Å². The number of ether oxygens (including phenoxy) is 2. The van der Waals surface area contributed by atoms with E-state index in [1.54, 1.807) is 31.4 Å². The third kappa shape index (κ3) is 4.92. The lowest BCUT2D eigenvalue weighted by Crippen LogP contribution is -2.31. The molecule has 1 atom stereocenters. The number of hydrogen-bond acceptors (Lipinski definition) is 4. The van der Waals surface area contributed by atoms with Crippen LogP contribution in [0.1, 0.15) is 13.8 Å². The Kier molecular flexibility index (Phi) is 5.86. The van der Waals surface area contributed by atoms with Crippen LogP contribution in [0.3, 0.4) is 0 Å². The van der Waals surface area contributed by atoms with Gasteiger partial charge in [0.05, 0.1) is 13.7 Å². The number of amides is 1. The fourth-order valence-electron chi connectivity index (χ4n) is 2.05. The van der Waals surface area contributed by atoms with E-state index in [0.29, 0.717) is 6.61 Å². The van der Waals surface area contributed by atoms with Gasteiger partial charge in [0, 0.05) is 11.4 Å². The zero-order chi connectivity index (χ0) is 16.7. The number of benzene rings is 2. The molecule has 0 spiro atoms. The molecule has 0 saturated heterocycles. The molecule has 0 aliphatic heterocycles. The third-order valence-electron chi connectivity index (χ3n) is 3.30. The Morgan fingerprint density at radius 3 is 2.13 bits per heavy atom. The molecule has 0 heterocycles. The van der Waals surface area contributed by atoms with Crippen molar-refractivity contribution in [3.05, 3.63) is 48.5 Å². The molecule has 0 aromatic heterocycles. The average Bonchev–Trinajstić information content (AvgIpc) is 2.57. The highest BCUT2D eigenvalue weighted by Gasteiger charge is 2.12. The van der Waals surface area contributed by atoms with Gasteiger partial charge in [-0.3, -0.25) is 4.79 Å². The maximum Gasteiger partial charge on any atom is 0.246 e. The Hall–Kier alpha value is -2.69. The topological polar surface area (TPSA) is 59.6 Å². The fraction of sp³-hybridized carbons (Fsp3) is 0.278. The van der Waals surface area contributed by atoms with Gasteiger partial charge >= 0.3 is 0 Å². The van der Waals surface area contributed by atoms with Gasteiger partial charge in [0.1, 0.15) is 17.5 Å². The van der Waals surface area contributed by atoms with E-state index >= 15 is 0 Å². The van der Waals surface area contributed by atoms with Crippen molar-refractivity contribution in [1.29, 1.82) is 0 Å². The van der Waals surface area contributed by atoms with Gasteiger partial charge in [0.25, 0.3) is 0 Å². The molecule has 0 bridgehead atoms. The molecule has 0 saturated carbocycles. The standard InChI is InChI=1S/C18H22N2O3/c1-4-23-17-11-7-14(8-12-17)19-13(2)18(21)20-15-5-9-16(22-3)10-6-15/h5-13,19H,4H2,1-3H3,(H,20,21)/t13-/m1/s1. The predicted octanol–water partition coefficient (Wildman–Crippen LogP) is 3.53. The van der Waals surface area contributed by atoms with Crippen molar-refractivity contribution in [2.45, 2.75) is 19.9 Å². The van der Waals surface area contributed by atoms with Gasteiger partial charge in [-0.05, 0) is 62.4 Å². The van der Waals surface area contributed by atoms with Crippen LogP contribution in [0.4, 0.5) is 11.4 Å². The summed E-state index contributed by atoms with van der Waals surface area (Å²) >= 11 is 0. The molecule has 122 valence electrons. The molecule has 0 unspecified atom stereocenters. The van der Waals surface area contributed by atoms with E-state index in [4.69, 9.17) is 9.47 Å². The Morgan fingerprint density at radius 1 is 1.00 bits per heavy atom. The minimum Gasteiger partial charge on any atom is -0.497 e. The van der Waals surface area contributed by atoms with E-state index in [0.717, 1.165) is 22.9 Å². The number of nitrogens with one attached hydrogen (secondary N) is 2. The monoisotopic (exact) mass is 314 g/mol. The van der Waals surface area contributed by atoms with Gasteiger partial charge in [-0.25, -0.2) is 0 Å². The zero-order valence-corrected chi connectivity index (χ0v) is 13.6. The van der Waals surface area contributed by atoms with Crippen LogP contribution in [0.15, 0.2) is 48.5 Å². The van der Waals surface area contributed by atoms with Crippen LogP contribution in [0.25, 0.3) is 0 Å². The van der Waals surface area contributed by atoms with Crippen LogP contribution in [0.5, 0.6) is 11.5 Å². The Labute approximate surface area is 136 Å². The van der Waals surface area contributed by atoms with E-state index in [-0.39, 0.29) is 11.9 Å². The zero-order valence-electron chi connectivity index (χ0n) is 13.6. The van der Waals surface area contributed by atoms with Crippen molar-refractivity contribution in [2.24, 2.45) is 0 Å². The number of methoxy groups -OCH3 is 1. The summed E-state index contributed by atoms with van der Waals surface area (Å²) in [6.07, 6.45) is 0. The molecule has 2 rings (SSSR count). The largest absolute Gasteiger partial charge is 0.497 e. The van der Waals surface area contributed by atoms with Gasteiger partial charge < -0.3 is 20.1 Å². The summed E-state index contributed by atoms with van der Waals surface area (Å²) in [4.78, 5) is 12.2. The van der Waals surface area contributed by atoms with E-state index in [1.165, 1.54) is 0 Å². The highest BCUT2D eigenvalue weighted by atomic mass is 16.5. The Morgan fingerprint density at radius 2 is 1.57 bits per heavy atom. The highest BCUT2D eigenvalue weighted by molar-refractivity contribution is 5.96. The first-order valence-electron chi connectivity index (χ1n) is 7.56. The first kappa shape index (κ1) is 16.7. The molecule has 5 nitrogen and oxygen atoms in total. The lowest BCUT2D eigenvalue weighted by molar-refractivity contribution is -0.116. The summed E-state index contributed by atoms with van der Waals surface area (Å²) in [6, 6.07) is 14.4. The maximum atomic E-state index is 12.2. The van der Waals surface area contributed by atoms with E-state index in [1.807, 2.05) is 38.1 Å². The lowest BCUT2D eigenvalue weighted by atomic mass is 10.2. The summed E-state index contributed by atoms with van der Waals surface area (Å²) in [5, 5.41) is 6.02. The van der Waals surface area contributed by atoms with Crippen molar-refractivity contribution in [2.75, 3.05) is 24.4 Å². The van der Waals surface area contributed by atoms with Crippen LogP contribution in [0, 0.1) is 0 Å². The van der Waals surface area contributed by atoms with Crippen LogP contribution in [0.2, 0.25) is 0 Å². The molecule has 2 N–H and O–H groups in total. The Bertz CT molecular complexity index is 624. The average molecular weight is 314 g/mol. The first-order chi connectivity index (χ1) is 11.1. The SMILES string of the molecule is CCOc1ccc(N[C@H](C)C(=O)Nc2ccc(OC)cc2)cc1. The summed E-state index contributed by atoms with van der Waals surface area (Å²) in [7, 11) is 1.61. The van der Waals surface area contributed by atoms with Crippen LogP contribution in [-0.4, -0.2) is 25.7 Å². The molecule has 0 radical (unpaired) electrons. The lowest BCUT2D eigenvalue weighted by Gasteiger charge is -2.16. The molecule has 23 heavy (non-hydrogen) atoms. The quantitative estimate of drug-likeness (QED) is 0.821. The van der Waals surface area contributed by atoms with Gasteiger partial charge in [-0.15, -0.1) is 0 Å². The van der Waals surface area contributed by atoms with Crippen LogP contribution >= 0.6 is 0 Å². The number of anilines is 2. The number of carbonyl (C=O) groups is 1. The predicted molar refractivity (Wildman–Crippen MR) is 92.3 cm³/mol. The summed E-state index contributed by atoms with van der Waals surface area (Å²) in [5.74, 6) is 1.46. The van der Waals surface area contributed by atoms with Crippen molar-refractivity contribution < 1.29 is 14.3 Å². The van der Waals surface area contributed by atoms with Gasteiger partial charge in [0.2, 0.25) is 5.91 Å². The van der Waals surface area contributed by atoms with Crippen molar-refractivity contribution in [3.63, 3.8) is 0 Å². The van der Waals surface area contributed by atoms with Gasteiger partial charge in [-0.2, -0.15) is 0 Å². The first-order valence-corrected chi connectivity index (χ1v) is 7.56. The van der Waals surface area contributed by atoms with E-state index < -0.39 is 0 Å². The molecule has 0 fully saturated rings. The van der Waals surface area contributed by atoms with E-state index in [2.05, 4.69) is 10.6 Å². The van der Waals surface area contributed by atoms with Gasteiger partial charge in [0.15, 0.2) is 0 Å². The second kappa shape index (κ2) is 8.08. The highest BCUT2D eigenvalue weighted by Crippen LogP contribution is 2.18. The molecule has 0 aliphatic rings. The second-order valence-corrected chi connectivity index (χ2v) is 5.04. The summed E-state index contributed by atoms with van der Waals surface area (Å²) in [5.41, 5.74) is 1.60. The number of hydrogen-bond donors (Lipinski definition) is 2. The Balaban J connectivity index is 1.90. The molecule has 2 aromatic carbocycles. The van der Waals surface area contributed by atoms with Crippen LogP contribution in [-0.2, 0) is 4.79 Å². The van der Waals surface area contributed by atoms with Crippen molar-refractivity contribution >= 4 is 17.3 Å². The normalized spacial score (nSPS) is 11.4. The van der Waals surface area contributed by atoms with Gasteiger partial charge in [-0.1, -0.05) is 0 Å². The summed E-state index contributed by atoms with van der Waals surface area (Å²) in [6.45, 7) is 4.39. The molecule has 5 heteroatoms. The minimum atomic E-state index is -0.366. The molecule has 2 aromatic rings. The molecule has 0 aliphatic carbocycles. The van der Waals surface area contributed by atoms with Crippen molar-refractivity contribution in [1.82, 2.24) is 0 Å².